The maximum Gasteiger partial charge on any atom is 0.268 e. The first-order valence-corrected chi connectivity index (χ1v) is 11.4. The summed E-state index contributed by atoms with van der Waals surface area (Å²) in [6, 6.07) is 36.3. The Kier molecular flexibility index (Phi) is 5.45. The van der Waals surface area contributed by atoms with Crippen LogP contribution < -0.4 is 0 Å². The van der Waals surface area contributed by atoms with Crippen LogP contribution in [0.15, 0.2) is 126 Å². The van der Waals surface area contributed by atoms with Crippen LogP contribution in [0.4, 0.5) is 5.69 Å². The van der Waals surface area contributed by atoms with E-state index < -0.39 is 0 Å². The third kappa shape index (κ3) is 4.37. The molecule has 6 nitrogen and oxygen atoms in total. The second kappa shape index (κ2) is 9.19. The minimum absolute atomic E-state index is 0.484. The van der Waals surface area contributed by atoms with Gasteiger partial charge in [0, 0.05) is 22.9 Å². The quantitative estimate of drug-likeness (QED) is 0.290. The van der Waals surface area contributed by atoms with Crippen LogP contribution in [0.1, 0.15) is 5.82 Å². The topological polar surface area (TPSA) is 66.4 Å². The second-order valence-corrected chi connectivity index (χ2v) is 8.15. The third-order valence-corrected chi connectivity index (χ3v) is 5.80. The fraction of sp³-hybridized carbons (Fsp3) is 0.0345. The van der Waals surface area contributed by atoms with E-state index in [0.29, 0.717) is 12.4 Å². The Hall–Kier alpha value is -4.84. The number of rotatable bonds is 5. The zero-order valence-corrected chi connectivity index (χ0v) is 18.9. The number of benzene rings is 3. The predicted octanol–water partition coefficient (Wildman–Crippen LogP) is 6.39. The van der Waals surface area contributed by atoms with Crippen molar-refractivity contribution in [2.24, 2.45) is 10.3 Å². The first-order valence-electron chi connectivity index (χ1n) is 11.4. The molecule has 6 rings (SSSR count). The lowest BCUT2D eigenvalue weighted by Gasteiger charge is -2.07. The molecule has 0 bridgehead atoms. The molecule has 5 aromatic rings. The van der Waals surface area contributed by atoms with Gasteiger partial charge >= 0.3 is 0 Å². The Morgan fingerprint density at radius 3 is 1.89 bits per heavy atom. The molecule has 0 unspecified atom stereocenters. The van der Waals surface area contributed by atoms with Gasteiger partial charge in [-0.3, -0.25) is 4.98 Å². The van der Waals surface area contributed by atoms with Crippen molar-refractivity contribution in [2.45, 2.75) is 0 Å². The van der Waals surface area contributed by atoms with E-state index in [4.69, 9.17) is 9.97 Å². The minimum Gasteiger partial charge on any atom is -0.256 e. The monoisotopic (exact) mass is 453 g/mol. The van der Waals surface area contributed by atoms with Crippen molar-refractivity contribution in [2.75, 3.05) is 6.54 Å². The molecule has 0 atom stereocenters. The van der Waals surface area contributed by atoms with Crippen LogP contribution in [0.2, 0.25) is 0 Å². The van der Waals surface area contributed by atoms with Crippen molar-refractivity contribution in [3.63, 3.8) is 0 Å². The highest BCUT2D eigenvalue weighted by molar-refractivity contribution is 5.99. The van der Waals surface area contributed by atoms with Crippen LogP contribution in [0, 0.1) is 0 Å². The van der Waals surface area contributed by atoms with Crippen molar-refractivity contribution in [3.8, 4) is 33.8 Å². The molecule has 3 heterocycles. The maximum atomic E-state index is 4.87. The molecule has 35 heavy (non-hydrogen) atoms. The number of pyridine rings is 1. The summed E-state index contributed by atoms with van der Waals surface area (Å²) < 4.78 is 1.86. The van der Waals surface area contributed by atoms with Crippen LogP contribution in [0.25, 0.3) is 33.8 Å². The Morgan fingerprint density at radius 2 is 1.23 bits per heavy atom. The largest absolute Gasteiger partial charge is 0.268 e. The lowest BCUT2D eigenvalue weighted by Crippen LogP contribution is -2.15. The van der Waals surface area contributed by atoms with Gasteiger partial charge in [-0.2, -0.15) is 0 Å². The molecule has 0 amide bonds. The van der Waals surface area contributed by atoms with Crippen molar-refractivity contribution >= 4 is 11.4 Å². The maximum absolute atomic E-state index is 4.87. The Balaban J connectivity index is 1.33. The second-order valence-electron chi connectivity index (χ2n) is 8.15. The first-order chi connectivity index (χ1) is 17.3. The van der Waals surface area contributed by atoms with Gasteiger partial charge in [0.25, 0.3) is 5.71 Å². The zero-order valence-electron chi connectivity index (χ0n) is 18.9. The zero-order chi connectivity index (χ0) is 23.5. The lowest BCUT2D eigenvalue weighted by atomic mass is 10.1. The van der Waals surface area contributed by atoms with Gasteiger partial charge in [0.2, 0.25) is 5.82 Å². The molecular weight excluding hydrogens is 432 g/mol. The molecule has 0 aliphatic carbocycles. The van der Waals surface area contributed by atoms with Gasteiger partial charge in [-0.25, -0.2) is 9.97 Å². The van der Waals surface area contributed by atoms with Crippen LogP contribution in [-0.4, -0.2) is 31.9 Å². The van der Waals surface area contributed by atoms with Gasteiger partial charge in [0.1, 0.15) is 5.22 Å². The van der Waals surface area contributed by atoms with Crippen LogP contribution in [-0.2, 0) is 0 Å². The summed E-state index contributed by atoms with van der Waals surface area (Å²) in [6.45, 7) is 0.484. The van der Waals surface area contributed by atoms with Crippen LogP contribution in [0.5, 0.6) is 0 Å². The molecule has 6 heteroatoms. The summed E-state index contributed by atoms with van der Waals surface area (Å²) in [5.41, 5.74) is 7.38. The normalized spacial score (nSPS) is 12.8. The molecule has 0 saturated carbocycles. The SMILES string of the molecule is c1ccc(-c2cc(-c3ccccc3)nc(C3=NN=[N+](c4cccc(-c5ccccn5)c4)C3)n2)cc1. The highest BCUT2D eigenvalue weighted by Crippen LogP contribution is 2.26. The van der Waals surface area contributed by atoms with Gasteiger partial charge < -0.3 is 0 Å². The highest BCUT2D eigenvalue weighted by atomic mass is 15.5. The Labute approximate surface area is 203 Å². The van der Waals surface area contributed by atoms with Crippen LogP contribution in [0.3, 0.4) is 0 Å². The molecule has 2 aromatic heterocycles. The Morgan fingerprint density at radius 1 is 0.571 bits per heavy atom. The molecule has 0 saturated heterocycles. The molecule has 3 aromatic carbocycles. The standard InChI is InChI=1S/C29H21N6/c1-3-10-21(11-4-1)26-19-27(22-12-5-2-6-13-22)32-29(31-26)28-20-35(34-33-28)24-15-9-14-23(18-24)25-16-7-8-17-30-25/h1-19H,20H2/q+1. The molecular formula is C29H21N6+. The van der Waals surface area contributed by atoms with Gasteiger partial charge in [-0.1, -0.05) is 78.9 Å². The Bertz CT molecular complexity index is 1490. The number of nitrogens with zero attached hydrogens (tertiary/aromatic N) is 6. The number of hydrogen-bond donors (Lipinski definition) is 0. The van der Waals surface area contributed by atoms with E-state index in [1.54, 1.807) is 6.20 Å². The molecule has 0 N–H and O–H groups in total. The van der Waals surface area contributed by atoms with Crippen molar-refractivity contribution in [1.29, 1.82) is 0 Å². The average Bonchev–Trinajstić information content (AvgIpc) is 3.45. The molecule has 0 radical (unpaired) electrons. The molecule has 0 fully saturated rings. The lowest BCUT2D eigenvalue weighted by molar-refractivity contribution is -0.492. The van der Waals surface area contributed by atoms with E-state index >= 15 is 0 Å². The number of aromatic nitrogens is 3. The summed E-state index contributed by atoms with van der Waals surface area (Å²) in [5.74, 6) is 0.581. The average molecular weight is 454 g/mol. The smallest absolute Gasteiger partial charge is 0.256 e. The van der Waals surface area contributed by atoms with Gasteiger partial charge in [0.05, 0.1) is 22.2 Å². The van der Waals surface area contributed by atoms with Crippen LogP contribution >= 0.6 is 0 Å². The van der Waals surface area contributed by atoms with E-state index in [1.165, 1.54) is 0 Å². The summed E-state index contributed by atoms with van der Waals surface area (Å²) in [6.07, 6.45) is 1.80. The van der Waals surface area contributed by atoms with E-state index in [1.807, 2.05) is 83.6 Å². The first kappa shape index (κ1) is 20.7. The third-order valence-electron chi connectivity index (χ3n) is 5.80. The van der Waals surface area contributed by atoms with Gasteiger partial charge in [-0.05, 0) is 30.3 Å². The predicted molar refractivity (Wildman–Crippen MR) is 136 cm³/mol. The van der Waals surface area contributed by atoms with E-state index in [0.717, 1.165) is 45.2 Å². The van der Waals surface area contributed by atoms with Crippen molar-refractivity contribution in [3.05, 3.63) is 121 Å². The summed E-state index contributed by atoms with van der Waals surface area (Å²) in [5, 5.41) is 8.89. The van der Waals surface area contributed by atoms with Crippen molar-refractivity contribution < 1.29 is 4.70 Å². The summed E-state index contributed by atoms with van der Waals surface area (Å²) in [7, 11) is 0. The highest BCUT2D eigenvalue weighted by Gasteiger charge is 2.27. The summed E-state index contributed by atoms with van der Waals surface area (Å²) in [4.78, 5) is 14.2. The summed E-state index contributed by atoms with van der Waals surface area (Å²) >= 11 is 0. The van der Waals surface area contributed by atoms with Gasteiger partial charge in [0.15, 0.2) is 12.2 Å². The molecule has 1 aliphatic heterocycles. The molecule has 166 valence electrons. The minimum atomic E-state index is 0.484. The fourth-order valence-corrected chi connectivity index (χ4v) is 4.02. The molecule has 0 spiro atoms. The van der Waals surface area contributed by atoms with Gasteiger partial charge in [-0.15, -0.1) is 4.70 Å². The molecule has 1 aliphatic rings. The number of hydrogen-bond acceptors (Lipinski definition) is 5. The van der Waals surface area contributed by atoms with E-state index in [2.05, 4.69) is 45.6 Å². The fourth-order valence-electron chi connectivity index (χ4n) is 4.02. The van der Waals surface area contributed by atoms with E-state index in [-0.39, 0.29) is 0 Å². The van der Waals surface area contributed by atoms with E-state index in [9.17, 15) is 0 Å². The van der Waals surface area contributed by atoms with Crippen molar-refractivity contribution in [1.82, 2.24) is 15.0 Å².